The zero-order chi connectivity index (χ0) is 13.9. The summed E-state index contributed by atoms with van der Waals surface area (Å²) in [7, 11) is 0. The van der Waals surface area contributed by atoms with Gasteiger partial charge in [0.2, 0.25) is 0 Å². The maximum atomic E-state index is 14.0. The van der Waals surface area contributed by atoms with E-state index in [1.807, 2.05) is 6.07 Å². The van der Waals surface area contributed by atoms with Gasteiger partial charge in [-0.15, -0.1) is 0 Å². The molecule has 20 heavy (non-hydrogen) atoms. The lowest BCUT2D eigenvalue weighted by Gasteiger charge is -2.39. The van der Waals surface area contributed by atoms with Crippen LogP contribution in [0, 0.1) is 5.82 Å². The lowest BCUT2D eigenvalue weighted by atomic mass is 9.94. The molecule has 0 spiro atoms. The standard InChI is InChI=1S/C16H22ClFN2/c17-13-7-6-12(14(18)10-13)11-20-9-2-1-5-16(20)15-4-3-8-19-15/h6-7,10,15-16,19H,1-5,8-9,11H2. The second-order valence-corrected chi connectivity index (χ2v) is 6.41. The van der Waals surface area contributed by atoms with Crippen LogP contribution in [0.1, 0.15) is 37.7 Å². The first-order valence-corrected chi connectivity index (χ1v) is 8.03. The van der Waals surface area contributed by atoms with Crippen LogP contribution in [-0.2, 0) is 6.54 Å². The second-order valence-electron chi connectivity index (χ2n) is 5.97. The molecule has 2 fully saturated rings. The van der Waals surface area contributed by atoms with Gasteiger partial charge >= 0.3 is 0 Å². The molecule has 0 saturated carbocycles. The number of halogens is 2. The Hall–Kier alpha value is -0.640. The summed E-state index contributed by atoms with van der Waals surface area (Å²) in [4.78, 5) is 2.46. The van der Waals surface area contributed by atoms with Crippen LogP contribution < -0.4 is 5.32 Å². The van der Waals surface area contributed by atoms with Crippen LogP contribution in [0.2, 0.25) is 5.02 Å². The van der Waals surface area contributed by atoms with Gasteiger partial charge in [0.15, 0.2) is 0 Å². The molecule has 0 aliphatic carbocycles. The van der Waals surface area contributed by atoms with Crippen LogP contribution in [0.3, 0.4) is 0 Å². The van der Waals surface area contributed by atoms with Crippen molar-refractivity contribution < 1.29 is 4.39 Å². The van der Waals surface area contributed by atoms with Crippen LogP contribution >= 0.6 is 11.6 Å². The van der Waals surface area contributed by atoms with Crippen LogP contribution in [0.5, 0.6) is 0 Å². The van der Waals surface area contributed by atoms with E-state index in [2.05, 4.69) is 10.2 Å². The highest BCUT2D eigenvalue weighted by atomic mass is 35.5. The maximum absolute atomic E-state index is 14.0. The molecule has 4 heteroatoms. The fourth-order valence-electron chi connectivity index (χ4n) is 3.58. The minimum atomic E-state index is -0.179. The molecule has 2 atom stereocenters. The predicted octanol–water partition coefficient (Wildman–Crippen LogP) is 3.59. The molecule has 1 N–H and O–H groups in total. The van der Waals surface area contributed by atoms with E-state index in [4.69, 9.17) is 11.6 Å². The summed E-state index contributed by atoms with van der Waals surface area (Å²) in [6.07, 6.45) is 6.27. The summed E-state index contributed by atoms with van der Waals surface area (Å²) in [5, 5.41) is 4.08. The van der Waals surface area contributed by atoms with E-state index < -0.39 is 0 Å². The van der Waals surface area contributed by atoms with Crippen LogP contribution in [-0.4, -0.2) is 30.1 Å². The van der Waals surface area contributed by atoms with Crippen molar-refractivity contribution in [2.24, 2.45) is 0 Å². The number of nitrogens with zero attached hydrogens (tertiary/aromatic N) is 1. The molecule has 1 aromatic rings. The molecule has 2 aliphatic heterocycles. The first-order chi connectivity index (χ1) is 9.74. The number of hydrogen-bond donors (Lipinski definition) is 1. The first-order valence-electron chi connectivity index (χ1n) is 7.65. The third-order valence-corrected chi connectivity index (χ3v) is 4.85. The molecule has 2 aliphatic rings. The Morgan fingerprint density at radius 3 is 2.90 bits per heavy atom. The molecule has 2 saturated heterocycles. The van der Waals surface area contributed by atoms with Gasteiger partial charge in [-0.1, -0.05) is 24.1 Å². The Morgan fingerprint density at radius 2 is 2.15 bits per heavy atom. The summed E-state index contributed by atoms with van der Waals surface area (Å²) in [5.74, 6) is -0.179. The van der Waals surface area contributed by atoms with Gasteiger partial charge in [0.05, 0.1) is 0 Å². The normalized spacial score (nSPS) is 27.9. The number of benzene rings is 1. The monoisotopic (exact) mass is 296 g/mol. The van der Waals surface area contributed by atoms with Gasteiger partial charge in [-0.25, -0.2) is 4.39 Å². The van der Waals surface area contributed by atoms with Crippen molar-refractivity contribution in [3.05, 3.63) is 34.6 Å². The number of likely N-dealkylation sites (tertiary alicyclic amines) is 1. The van der Waals surface area contributed by atoms with Gasteiger partial charge in [-0.3, -0.25) is 4.90 Å². The van der Waals surface area contributed by atoms with E-state index in [1.165, 1.54) is 38.2 Å². The Labute approximate surface area is 125 Å². The van der Waals surface area contributed by atoms with Crippen LogP contribution in [0.25, 0.3) is 0 Å². The quantitative estimate of drug-likeness (QED) is 0.917. The molecule has 0 radical (unpaired) electrons. The van der Waals surface area contributed by atoms with Gasteiger partial charge in [0, 0.05) is 29.2 Å². The summed E-state index contributed by atoms with van der Waals surface area (Å²) in [6.45, 7) is 2.90. The third-order valence-electron chi connectivity index (χ3n) is 4.62. The molecule has 0 aromatic heterocycles. The number of hydrogen-bond acceptors (Lipinski definition) is 2. The Morgan fingerprint density at radius 1 is 1.25 bits per heavy atom. The SMILES string of the molecule is Fc1cc(Cl)ccc1CN1CCCCC1C1CCCN1. The molecule has 1 aromatic carbocycles. The predicted molar refractivity (Wildman–Crippen MR) is 80.5 cm³/mol. The minimum Gasteiger partial charge on any atom is -0.312 e. The second kappa shape index (κ2) is 6.42. The summed E-state index contributed by atoms with van der Waals surface area (Å²) in [6, 6.07) is 6.17. The van der Waals surface area contributed by atoms with E-state index in [0.717, 1.165) is 18.7 Å². The molecule has 2 unspecified atom stereocenters. The number of rotatable bonds is 3. The van der Waals surface area contributed by atoms with Crippen molar-refractivity contribution in [3.8, 4) is 0 Å². The Kier molecular flexibility index (Phi) is 4.59. The van der Waals surface area contributed by atoms with Gasteiger partial charge in [-0.2, -0.15) is 0 Å². The van der Waals surface area contributed by atoms with E-state index in [9.17, 15) is 4.39 Å². The Balaban J connectivity index is 1.72. The van der Waals surface area contributed by atoms with Crippen molar-refractivity contribution in [2.45, 2.75) is 50.7 Å². The van der Waals surface area contributed by atoms with Crippen molar-refractivity contribution in [2.75, 3.05) is 13.1 Å². The minimum absolute atomic E-state index is 0.179. The molecular formula is C16H22ClFN2. The van der Waals surface area contributed by atoms with Crippen LogP contribution in [0.15, 0.2) is 18.2 Å². The van der Waals surface area contributed by atoms with E-state index in [1.54, 1.807) is 6.07 Å². The average molecular weight is 297 g/mol. The van der Waals surface area contributed by atoms with Crippen LogP contribution in [0.4, 0.5) is 4.39 Å². The van der Waals surface area contributed by atoms with E-state index in [-0.39, 0.29) is 5.82 Å². The van der Waals surface area contributed by atoms with Gasteiger partial charge in [0.25, 0.3) is 0 Å². The van der Waals surface area contributed by atoms with Crippen molar-refractivity contribution >= 4 is 11.6 Å². The Bertz CT molecular complexity index is 460. The van der Waals surface area contributed by atoms with E-state index >= 15 is 0 Å². The molecule has 2 nitrogen and oxygen atoms in total. The largest absolute Gasteiger partial charge is 0.312 e. The van der Waals surface area contributed by atoms with Gasteiger partial charge in [0.1, 0.15) is 5.82 Å². The molecule has 3 rings (SSSR count). The highest BCUT2D eigenvalue weighted by Crippen LogP contribution is 2.26. The molecule has 0 bridgehead atoms. The highest BCUT2D eigenvalue weighted by molar-refractivity contribution is 6.30. The summed E-state index contributed by atoms with van der Waals surface area (Å²) >= 11 is 5.83. The zero-order valence-electron chi connectivity index (χ0n) is 11.7. The highest BCUT2D eigenvalue weighted by Gasteiger charge is 2.31. The third kappa shape index (κ3) is 3.16. The maximum Gasteiger partial charge on any atom is 0.129 e. The number of nitrogens with one attached hydrogen (secondary N) is 1. The molecule has 0 amide bonds. The number of piperidine rings is 1. The molecule has 2 heterocycles. The fourth-order valence-corrected chi connectivity index (χ4v) is 3.74. The van der Waals surface area contributed by atoms with Crippen molar-refractivity contribution in [1.82, 2.24) is 10.2 Å². The summed E-state index contributed by atoms with van der Waals surface area (Å²) in [5.41, 5.74) is 0.763. The molecule has 110 valence electrons. The van der Waals surface area contributed by atoms with Crippen molar-refractivity contribution in [1.29, 1.82) is 0 Å². The van der Waals surface area contributed by atoms with Crippen molar-refractivity contribution in [3.63, 3.8) is 0 Å². The lowest BCUT2D eigenvalue weighted by Crippen LogP contribution is -2.49. The lowest BCUT2D eigenvalue weighted by molar-refractivity contribution is 0.111. The van der Waals surface area contributed by atoms with E-state index in [0.29, 0.717) is 23.7 Å². The van der Waals surface area contributed by atoms with Gasteiger partial charge in [-0.05, 0) is 50.9 Å². The summed E-state index contributed by atoms with van der Waals surface area (Å²) < 4.78 is 14.0. The van der Waals surface area contributed by atoms with Gasteiger partial charge < -0.3 is 5.32 Å². The topological polar surface area (TPSA) is 15.3 Å². The fraction of sp³-hybridized carbons (Fsp3) is 0.625. The molecular weight excluding hydrogens is 275 g/mol. The zero-order valence-corrected chi connectivity index (χ0v) is 12.5. The smallest absolute Gasteiger partial charge is 0.129 e. The first kappa shape index (κ1) is 14.3. The average Bonchev–Trinajstić information content (AvgIpc) is 2.96.